The third-order valence-electron chi connectivity index (χ3n) is 2.12. The number of rotatable bonds is 5. The first-order chi connectivity index (χ1) is 9.01. The largest absolute Gasteiger partial charge is 0.465 e. The molecular formula is C11H14N2O5S. The highest BCUT2D eigenvalue weighted by Gasteiger charge is 2.25. The van der Waals surface area contributed by atoms with E-state index >= 15 is 0 Å². The molecule has 0 bridgehead atoms. The van der Waals surface area contributed by atoms with Crippen molar-refractivity contribution in [3.63, 3.8) is 0 Å². The summed E-state index contributed by atoms with van der Waals surface area (Å²) < 4.78 is 9.19. The van der Waals surface area contributed by atoms with Crippen molar-refractivity contribution in [3.8, 4) is 0 Å². The Hall–Kier alpha value is -1.93. The molecule has 1 aromatic rings. The molecule has 1 atom stereocenters. The summed E-state index contributed by atoms with van der Waals surface area (Å²) in [6, 6.07) is 0.0810. The smallest absolute Gasteiger partial charge is 0.350 e. The van der Waals surface area contributed by atoms with Gasteiger partial charge in [-0.05, 0) is 18.4 Å². The molecule has 0 spiro atoms. The minimum absolute atomic E-state index is 0.131. The van der Waals surface area contributed by atoms with Gasteiger partial charge >= 0.3 is 11.9 Å². The molecule has 1 unspecified atom stereocenters. The number of thiophene rings is 1. The molecule has 0 saturated heterocycles. The molecule has 0 aliphatic heterocycles. The van der Waals surface area contributed by atoms with Crippen molar-refractivity contribution in [2.45, 2.75) is 13.0 Å². The lowest BCUT2D eigenvalue weighted by Gasteiger charge is -2.11. The van der Waals surface area contributed by atoms with Gasteiger partial charge in [-0.25, -0.2) is 9.59 Å². The van der Waals surface area contributed by atoms with Crippen molar-refractivity contribution in [2.75, 3.05) is 19.0 Å². The Morgan fingerprint density at radius 2 is 2.16 bits per heavy atom. The van der Waals surface area contributed by atoms with Crippen LogP contribution in [-0.2, 0) is 19.1 Å². The third-order valence-corrected chi connectivity index (χ3v) is 3.01. The molecule has 0 saturated carbocycles. The normalized spacial score (nSPS) is 11.5. The standard InChI is InChI=1S/C11H14N2O5S/c1-3-18-10(15)7(12)9(14)13-6-4-5-19-8(6)11(16)17-2/h4-5,7H,3,12H2,1-2H3,(H,13,14). The van der Waals surface area contributed by atoms with Crippen LogP contribution in [0.15, 0.2) is 11.4 Å². The molecule has 0 fully saturated rings. The zero-order chi connectivity index (χ0) is 14.4. The lowest BCUT2D eigenvalue weighted by molar-refractivity contribution is -0.146. The number of carbonyl (C=O) groups excluding carboxylic acids is 3. The third kappa shape index (κ3) is 3.76. The van der Waals surface area contributed by atoms with Gasteiger partial charge in [0.2, 0.25) is 0 Å². The van der Waals surface area contributed by atoms with Gasteiger partial charge in [-0.1, -0.05) is 0 Å². The fraction of sp³-hybridized carbons (Fsp3) is 0.364. The van der Waals surface area contributed by atoms with E-state index in [1.54, 1.807) is 12.3 Å². The van der Waals surface area contributed by atoms with E-state index < -0.39 is 23.9 Å². The predicted molar refractivity (Wildman–Crippen MR) is 68.9 cm³/mol. The fourth-order valence-corrected chi connectivity index (χ4v) is 1.97. The molecule has 1 rings (SSSR count). The first-order valence-corrected chi connectivity index (χ1v) is 6.28. The monoisotopic (exact) mass is 286 g/mol. The molecule has 1 heterocycles. The van der Waals surface area contributed by atoms with Crippen LogP contribution in [0.3, 0.4) is 0 Å². The van der Waals surface area contributed by atoms with Gasteiger partial charge in [-0.3, -0.25) is 4.79 Å². The maximum Gasteiger partial charge on any atom is 0.350 e. The molecule has 1 amide bonds. The number of carbonyl (C=O) groups is 3. The van der Waals surface area contributed by atoms with Gasteiger partial charge in [0.15, 0.2) is 6.04 Å². The Labute approximate surface area is 113 Å². The van der Waals surface area contributed by atoms with Crippen LogP contribution in [0.5, 0.6) is 0 Å². The SMILES string of the molecule is CCOC(=O)C(N)C(=O)Nc1ccsc1C(=O)OC. The molecule has 0 radical (unpaired) electrons. The van der Waals surface area contributed by atoms with Crippen molar-refractivity contribution in [2.24, 2.45) is 5.73 Å². The Morgan fingerprint density at radius 3 is 2.74 bits per heavy atom. The van der Waals surface area contributed by atoms with Gasteiger partial charge in [0.25, 0.3) is 5.91 Å². The lowest BCUT2D eigenvalue weighted by Crippen LogP contribution is -2.43. The second-order valence-corrected chi connectivity index (χ2v) is 4.29. The van der Waals surface area contributed by atoms with Crippen molar-refractivity contribution < 1.29 is 23.9 Å². The number of hydrogen-bond donors (Lipinski definition) is 2. The minimum Gasteiger partial charge on any atom is -0.465 e. The second kappa shape index (κ2) is 6.86. The highest BCUT2D eigenvalue weighted by Crippen LogP contribution is 2.23. The fourth-order valence-electron chi connectivity index (χ4n) is 1.21. The summed E-state index contributed by atoms with van der Waals surface area (Å²) in [5, 5.41) is 4.00. The number of hydrogen-bond acceptors (Lipinski definition) is 7. The number of esters is 2. The van der Waals surface area contributed by atoms with Crippen LogP contribution in [-0.4, -0.2) is 37.6 Å². The van der Waals surface area contributed by atoms with Gasteiger partial charge in [-0.15, -0.1) is 11.3 Å². The van der Waals surface area contributed by atoms with Gasteiger partial charge < -0.3 is 20.5 Å². The first-order valence-electron chi connectivity index (χ1n) is 5.40. The van der Waals surface area contributed by atoms with Crippen molar-refractivity contribution in [1.29, 1.82) is 0 Å². The van der Waals surface area contributed by atoms with E-state index in [2.05, 4.69) is 14.8 Å². The average Bonchev–Trinajstić information content (AvgIpc) is 2.85. The molecule has 8 heteroatoms. The van der Waals surface area contributed by atoms with Crippen LogP contribution in [0.1, 0.15) is 16.6 Å². The van der Waals surface area contributed by atoms with E-state index in [1.807, 2.05) is 0 Å². The number of methoxy groups -OCH3 is 1. The van der Waals surface area contributed by atoms with Gasteiger partial charge in [-0.2, -0.15) is 0 Å². The lowest BCUT2D eigenvalue weighted by atomic mass is 10.3. The maximum atomic E-state index is 11.7. The first kappa shape index (κ1) is 15.1. The van der Waals surface area contributed by atoms with Crippen LogP contribution in [0, 0.1) is 0 Å². The number of nitrogens with one attached hydrogen (secondary N) is 1. The average molecular weight is 286 g/mol. The van der Waals surface area contributed by atoms with E-state index in [9.17, 15) is 14.4 Å². The van der Waals surface area contributed by atoms with E-state index in [0.717, 1.165) is 11.3 Å². The van der Waals surface area contributed by atoms with Gasteiger partial charge in [0.1, 0.15) is 4.88 Å². The highest BCUT2D eigenvalue weighted by atomic mass is 32.1. The Morgan fingerprint density at radius 1 is 1.47 bits per heavy atom. The maximum absolute atomic E-state index is 11.7. The molecule has 0 aliphatic rings. The van der Waals surface area contributed by atoms with E-state index in [4.69, 9.17) is 5.73 Å². The second-order valence-electron chi connectivity index (χ2n) is 3.37. The van der Waals surface area contributed by atoms with Gasteiger partial charge in [0.05, 0.1) is 19.4 Å². The van der Waals surface area contributed by atoms with Crippen LogP contribution in [0.4, 0.5) is 5.69 Å². The number of ether oxygens (including phenoxy) is 2. The minimum atomic E-state index is -1.44. The molecule has 0 aromatic carbocycles. The Bertz CT molecular complexity index is 485. The number of amides is 1. The summed E-state index contributed by atoms with van der Waals surface area (Å²) in [7, 11) is 1.23. The van der Waals surface area contributed by atoms with Crippen LogP contribution >= 0.6 is 11.3 Å². The molecule has 1 aromatic heterocycles. The van der Waals surface area contributed by atoms with Crippen LogP contribution in [0.25, 0.3) is 0 Å². The quantitative estimate of drug-likeness (QED) is 0.598. The summed E-state index contributed by atoms with van der Waals surface area (Å²) in [5.41, 5.74) is 5.67. The summed E-state index contributed by atoms with van der Waals surface area (Å²) in [5.74, 6) is -2.15. The highest BCUT2D eigenvalue weighted by molar-refractivity contribution is 7.12. The van der Waals surface area contributed by atoms with Crippen molar-refractivity contribution in [1.82, 2.24) is 0 Å². The summed E-state index contributed by atoms with van der Waals surface area (Å²) in [6.45, 7) is 1.74. The summed E-state index contributed by atoms with van der Waals surface area (Å²) in [6.07, 6.45) is 0. The molecule has 0 aliphatic carbocycles. The summed E-state index contributed by atoms with van der Waals surface area (Å²) in [4.78, 5) is 34.6. The topological polar surface area (TPSA) is 108 Å². The number of nitrogens with two attached hydrogens (primary N) is 1. The molecular weight excluding hydrogens is 272 g/mol. The predicted octanol–water partition coefficient (Wildman–Crippen LogP) is 0.364. The van der Waals surface area contributed by atoms with E-state index in [-0.39, 0.29) is 17.2 Å². The van der Waals surface area contributed by atoms with Crippen molar-refractivity contribution in [3.05, 3.63) is 16.3 Å². The molecule has 7 nitrogen and oxygen atoms in total. The zero-order valence-electron chi connectivity index (χ0n) is 10.5. The van der Waals surface area contributed by atoms with Gasteiger partial charge in [0, 0.05) is 0 Å². The Balaban J connectivity index is 2.75. The number of anilines is 1. The van der Waals surface area contributed by atoms with E-state index in [1.165, 1.54) is 13.2 Å². The molecule has 104 valence electrons. The Kier molecular flexibility index (Phi) is 5.46. The molecule has 19 heavy (non-hydrogen) atoms. The van der Waals surface area contributed by atoms with Crippen LogP contribution < -0.4 is 11.1 Å². The zero-order valence-corrected chi connectivity index (χ0v) is 11.3. The van der Waals surface area contributed by atoms with E-state index in [0.29, 0.717) is 0 Å². The van der Waals surface area contributed by atoms with Crippen LogP contribution in [0.2, 0.25) is 0 Å². The molecule has 3 N–H and O–H groups in total. The van der Waals surface area contributed by atoms with Crippen molar-refractivity contribution >= 4 is 34.9 Å². The summed E-state index contributed by atoms with van der Waals surface area (Å²) >= 11 is 1.11.